The first-order valence-corrected chi connectivity index (χ1v) is 3.99. The first-order valence-electron chi connectivity index (χ1n) is 3.61. The largest absolute Gasteiger partial charge is 0.352 e. The number of aromatic nitrogens is 1. The van der Waals surface area contributed by atoms with Crippen molar-refractivity contribution >= 4 is 17.3 Å². The number of nitrogens with zero attached hydrogens (tertiary/aromatic N) is 2. The van der Waals surface area contributed by atoms with Crippen LogP contribution >= 0.6 is 11.6 Å². The molecule has 0 unspecified atom stereocenters. The fourth-order valence-electron chi connectivity index (χ4n) is 0.955. The predicted octanol–water partition coefficient (Wildman–Crippen LogP) is 1.43. The third kappa shape index (κ3) is 1.70. The maximum Gasteiger partial charge on any atom is 0.352 e. The molecule has 1 aromatic rings. The van der Waals surface area contributed by atoms with Crippen molar-refractivity contribution in [2.45, 2.75) is 13.5 Å². The van der Waals surface area contributed by atoms with Gasteiger partial charge >= 0.3 is 11.2 Å². The minimum Gasteiger partial charge on any atom is -0.310 e. The summed E-state index contributed by atoms with van der Waals surface area (Å²) in [6.45, 7) is 2.11. The average molecular weight is 203 g/mol. The first kappa shape index (κ1) is 9.73. The van der Waals surface area contributed by atoms with Crippen molar-refractivity contribution in [1.29, 1.82) is 0 Å². The van der Waals surface area contributed by atoms with E-state index in [4.69, 9.17) is 11.6 Å². The highest BCUT2D eigenvalue weighted by Gasteiger charge is 2.18. The Morgan fingerprint density at radius 3 is 2.77 bits per heavy atom. The molecule has 13 heavy (non-hydrogen) atoms. The van der Waals surface area contributed by atoms with Crippen molar-refractivity contribution in [3.8, 4) is 0 Å². The summed E-state index contributed by atoms with van der Waals surface area (Å²) in [7, 11) is 0. The SMILES string of the molecule is CCn1ccc(Cl)c([N+](=O)[O-])c1=O. The van der Waals surface area contributed by atoms with Gasteiger partial charge in [0.2, 0.25) is 0 Å². The second-order valence-electron chi connectivity index (χ2n) is 2.36. The van der Waals surface area contributed by atoms with Crippen LogP contribution in [0.3, 0.4) is 0 Å². The zero-order valence-electron chi connectivity index (χ0n) is 6.86. The van der Waals surface area contributed by atoms with Crippen molar-refractivity contribution < 1.29 is 4.92 Å². The number of rotatable bonds is 2. The molecule has 1 rings (SSSR count). The van der Waals surface area contributed by atoms with Crippen molar-refractivity contribution in [2.24, 2.45) is 0 Å². The van der Waals surface area contributed by atoms with Gasteiger partial charge in [0.15, 0.2) is 0 Å². The number of aryl methyl sites for hydroxylation is 1. The van der Waals surface area contributed by atoms with Gasteiger partial charge in [0.05, 0.1) is 4.92 Å². The summed E-state index contributed by atoms with van der Waals surface area (Å²) in [5, 5.41) is 10.3. The van der Waals surface area contributed by atoms with Gasteiger partial charge in [-0.25, -0.2) is 0 Å². The molecular formula is C7H7ClN2O3. The molecule has 0 spiro atoms. The van der Waals surface area contributed by atoms with Gasteiger partial charge in [-0.2, -0.15) is 0 Å². The van der Waals surface area contributed by atoms with Crippen LogP contribution in [-0.2, 0) is 6.54 Å². The van der Waals surface area contributed by atoms with Gasteiger partial charge in [0.25, 0.3) is 0 Å². The van der Waals surface area contributed by atoms with E-state index in [1.54, 1.807) is 6.92 Å². The van der Waals surface area contributed by atoms with Crippen molar-refractivity contribution in [3.63, 3.8) is 0 Å². The Morgan fingerprint density at radius 1 is 1.69 bits per heavy atom. The third-order valence-electron chi connectivity index (χ3n) is 1.61. The smallest absolute Gasteiger partial charge is 0.310 e. The van der Waals surface area contributed by atoms with Crippen LogP contribution < -0.4 is 5.56 Å². The zero-order valence-corrected chi connectivity index (χ0v) is 7.61. The molecule has 6 heteroatoms. The molecule has 70 valence electrons. The number of halogens is 1. The molecule has 0 amide bonds. The van der Waals surface area contributed by atoms with Gasteiger partial charge in [-0.1, -0.05) is 11.6 Å². The predicted molar refractivity (Wildman–Crippen MR) is 48.0 cm³/mol. The van der Waals surface area contributed by atoms with Gasteiger partial charge in [0, 0.05) is 12.7 Å². The van der Waals surface area contributed by atoms with E-state index >= 15 is 0 Å². The molecule has 0 atom stereocenters. The van der Waals surface area contributed by atoms with E-state index < -0.39 is 16.2 Å². The standard InChI is InChI=1S/C7H7ClN2O3/c1-2-9-4-3-5(8)6(7(9)11)10(12)13/h3-4H,2H2,1H3. The lowest BCUT2D eigenvalue weighted by molar-refractivity contribution is -0.386. The van der Waals surface area contributed by atoms with Crippen LogP contribution in [0.25, 0.3) is 0 Å². The summed E-state index contributed by atoms with van der Waals surface area (Å²) in [5.74, 6) is 0. The van der Waals surface area contributed by atoms with E-state index in [-0.39, 0.29) is 5.02 Å². The lowest BCUT2D eigenvalue weighted by Gasteiger charge is -2.00. The molecule has 1 aromatic heterocycles. The van der Waals surface area contributed by atoms with Crippen LogP contribution in [0.4, 0.5) is 5.69 Å². The molecule has 0 bridgehead atoms. The lowest BCUT2D eigenvalue weighted by Crippen LogP contribution is -2.21. The van der Waals surface area contributed by atoms with Crippen molar-refractivity contribution in [1.82, 2.24) is 4.57 Å². The van der Waals surface area contributed by atoms with Gasteiger partial charge in [0.1, 0.15) is 5.02 Å². The molecule has 0 N–H and O–H groups in total. The maximum atomic E-state index is 11.3. The summed E-state index contributed by atoms with van der Waals surface area (Å²) in [5.41, 5.74) is -1.23. The van der Waals surface area contributed by atoms with Gasteiger partial charge in [-0.3, -0.25) is 14.9 Å². The molecule has 0 radical (unpaired) electrons. The molecular weight excluding hydrogens is 196 g/mol. The fourth-order valence-corrected chi connectivity index (χ4v) is 1.16. The third-order valence-corrected chi connectivity index (χ3v) is 1.92. The Hall–Kier alpha value is -1.36. The van der Waals surface area contributed by atoms with Gasteiger partial charge in [-0.15, -0.1) is 0 Å². The van der Waals surface area contributed by atoms with Crippen LogP contribution in [0.15, 0.2) is 17.1 Å². The van der Waals surface area contributed by atoms with Crippen molar-refractivity contribution in [2.75, 3.05) is 0 Å². The number of hydrogen-bond acceptors (Lipinski definition) is 3. The molecule has 0 aliphatic rings. The van der Waals surface area contributed by atoms with Crippen LogP contribution in [0.5, 0.6) is 0 Å². The molecule has 0 aliphatic carbocycles. The highest BCUT2D eigenvalue weighted by Crippen LogP contribution is 2.18. The Kier molecular flexibility index (Phi) is 2.67. The number of nitro groups is 1. The monoisotopic (exact) mass is 202 g/mol. The Labute approximate surface area is 78.7 Å². The second-order valence-corrected chi connectivity index (χ2v) is 2.77. The summed E-state index contributed by atoms with van der Waals surface area (Å²) in [4.78, 5) is 21.0. The van der Waals surface area contributed by atoms with E-state index in [1.165, 1.54) is 16.8 Å². The Balaban J connectivity index is 3.48. The van der Waals surface area contributed by atoms with E-state index in [9.17, 15) is 14.9 Å². The molecule has 0 aliphatic heterocycles. The van der Waals surface area contributed by atoms with E-state index in [1.807, 2.05) is 0 Å². The van der Waals surface area contributed by atoms with Gasteiger partial charge < -0.3 is 4.57 Å². The van der Waals surface area contributed by atoms with Gasteiger partial charge in [-0.05, 0) is 13.0 Å². The van der Waals surface area contributed by atoms with Crippen molar-refractivity contribution in [3.05, 3.63) is 37.8 Å². The fraction of sp³-hybridized carbons (Fsp3) is 0.286. The lowest BCUT2D eigenvalue weighted by atomic mass is 10.4. The normalized spacial score (nSPS) is 10.0. The average Bonchev–Trinajstić information content (AvgIpc) is 2.04. The molecule has 0 saturated heterocycles. The van der Waals surface area contributed by atoms with E-state index in [0.717, 1.165) is 0 Å². The summed E-state index contributed by atoms with van der Waals surface area (Å²) in [6.07, 6.45) is 1.43. The van der Waals surface area contributed by atoms with E-state index in [0.29, 0.717) is 6.54 Å². The zero-order chi connectivity index (χ0) is 10.0. The summed E-state index contributed by atoms with van der Waals surface area (Å²) in [6, 6.07) is 1.34. The summed E-state index contributed by atoms with van der Waals surface area (Å²) < 4.78 is 1.23. The Bertz CT molecular complexity index is 399. The Morgan fingerprint density at radius 2 is 2.31 bits per heavy atom. The van der Waals surface area contributed by atoms with Crippen LogP contribution in [0.2, 0.25) is 5.02 Å². The molecule has 0 aromatic carbocycles. The number of pyridine rings is 1. The topological polar surface area (TPSA) is 65.1 Å². The van der Waals surface area contributed by atoms with Crippen LogP contribution in [-0.4, -0.2) is 9.49 Å². The molecule has 5 nitrogen and oxygen atoms in total. The molecule has 0 saturated carbocycles. The first-order chi connectivity index (χ1) is 6.07. The summed E-state index contributed by atoms with van der Waals surface area (Å²) >= 11 is 5.50. The second kappa shape index (κ2) is 3.57. The molecule has 0 fully saturated rings. The van der Waals surface area contributed by atoms with Crippen LogP contribution in [0.1, 0.15) is 6.92 Å². The highest BCUT2D eigenvalue weighted by atomic mass is 35.5. The van der Waals surface area contributed by atoms with Crippen LogP contribution in [0, 0.1) is 10.1 Å². The molecule has 1 heterocycles. The van der Waals surface area contributed by atoms with E-state index in [2.05, 4.69) is 0 Å². The quantitative estimate of drug-likeness (QED) is 0.538. The highest BCUT2D eigenvalue weighted by molar-refractivity contribution is 6.32. The maximum absolute atomic E-state index is 11.3. The number of hydrogen-bond donors (Lipinski definition) is 0. The minimum atomic E-state index is -0.767. The minimum absolute atomic E-state index is 0.125.